The first-order valence-electron chi connectivity index (χ1n) is 8.15. The number of carbonyl (C=O) groups is 1. The lowest BCUT2D eigenvalue weighted by Crippen LogP contribution is -2.50. The Balaban J connectivity index is 1.60. The number of aryl methyl sites for hydroxylation is 2. The quantitative estimate of drug-likeness (QED) is 0.528. The Labute approximate surface area is 155 Å². The molecule has 1 amide bonds. The van der Waals surface area contributed by atoms with Crippen molar-refractivity contribution in [3.05, 3.63) is 63.6 Å². The summed E-state index contributed by atoms with van der Waals surface area (Å²) in [5, 5.41) is 6.30. The standard InChI is InChI=1S/C18H22BrN5O/c1-11-6-7-15(8-12(11)2)21-17-16(22-24-23-17)18(25)20-10-13-4-3-5-14(19)9-13/h3-9,16-17,21-24H,10H2,1-2H3,(H,20,25). The van der Waals surface area contributed by atoms with E-state index < -0.39 is 6.04 Å². The lowest BCUT2D eigenvalue weighted by atomic mass is 10.1. The van der Waals surface area contributed by atoms with Gasteiger partial charge in [-0.25, -0.2) is 10.9 Å². The molecule has 132 valence electrons. The Hall–Kier alpha value is -1.93. The summed E-state index contributed by atoms with van der Waals surface area (Å²) in [6.07, 6.45) is -0.260. The average Bonchev–Trinajstić information content (AvgIpc) is 3.04. The van der Waals surface area contributed by atoms with Gasteiger partial charge in [-0.15, -0.1) is 0 Å². The molecular formula is C18H22BrN5O. The summed E-state index contributed by atoms with van der Waals surface area (Å²) in [5.41, 5.74) is 13.3. The van der Waals surface area contributed by atoms with Crippen molar-refractivity contribution in [1.82, 2.24) is 21.7 Å². The van der Waals surface area contributed by atoms with Crippen LogP contribution in [-0.4, -0.2) is 18.1 Å². The second kappa shape index (κ2) is 7.97. The number of halogens is 1. The number of hydrogen-bond acceptors (Lipinski definition) is 5. The van der Waals surface area contributed by atoms with Gasteiger partial charge in [0, 0.05) is 16.7 Å². The van der Waals surface area contributed by atoms with Crippen molar-refractivity contribution >= 4 is 27.5 Å². The van der Waals surface area contributed by atoms with E-state index in [9.17, 15) is 4.79 Å². The molecule has 1 aliphatic heterocycles. The van der Waals surface area contributed by atoms with Crippen LogP contribution in [0.3, 0.4) is 0 Å². The molecular weight excluding hydrogens is 382 g/mol. The molecule has 2 aromatic rings. The molecule has 6 nitrogen and oxygen atoms in total. The van der Waals surface area contributed by atoms with Crippen molar-refractivity contribution in [2.75, 3.05) is 5.32 Å². The minimum Gasteiger partial charge on any atom is -0.367 e. The van der Waals surface area contributed by atoms with Gasteiger partial charge in [0.1, 0.15) is 12.2 Å². The zero-order valence-electron chi connectivity index (χ0n) is 14.2. The average molecular weight is 404 g/mol. The molecule has 2 atom stereocenters. The summed E-state index contributed by atoms with van der Waals surface area (Å²) in [5.74, 6) is -0.0844. The van der Waals surface area contributed by atoms with Crippen LogP contribution in [-0.2, 0) is 11.3 Å². The molecule has 7 heteroatoms. The van der Waals surface area contributed by atoms with Crippen LogP contribution in [0, 0.1) is 13.8 Å². The van der Waals surface area contributed by atoms with E-state index in [-0.39, 0.29) is 12.1 Å². The topological polar surface area (TPSA) is 77.2 Å². The fourth-order valence-corrected chi connectivity index (χ4v) is 3.10. The van der Waals surface area contributed by atoms with E-state index in [1.54, 1.807) is 0 Å². The highest BCUT2D eigenvalue weighted by molar-refractivity contribution is 9.10. The molecule has 0 spiro atoms. The van der Waals surface area contributed by atoms with Crippen molar-refractivity contribution in [3.63, 3.8) is 0 Å². The zero-order valence-corrected chi connectivity index (χ0v) is 15.8. The molecule has 1 aliphatic rings. The van der Waals surface area contributed by atoms with E-state index in [0.29, 0.717) is 6.54 Å². The maximum absolute atomic E-state index is 12.5. The van der Waals surface area contributed by atoms with E-state index >= 15 is 0 Å². The minimum atomic E-state index is -0.436. The number of carbonyl (C=O) groups excluding carboxylic acids is 1. The molecule has 25 heavy (non-hydrogen) atoms. The second-order valence-corrected chi connectivity index (χ2v) is 7.08. The van der Waals surface area contributed by atoms with Crippen LogP contribution >= 0.6 is 15.9 Å². The Morgan fingerprint density at radius 3 is 2.72 bits per heavy atom. The van der Waals surface area contributed by atoms with Crippen LogP contribution in [0.15, 0.2) is 46.9 Å². The first kappa shape index (κ1) is 17.9. The van der Waals surface area contributed by atoms with Gasteiger partial charge in [-0.3, -0.25) is 4.79 Å². The fraction of sp³-hybridized carbons (Fsp3) is 0.278. The summed E-state index contributed by atoms with van der Waals surface area (Å²) >= 11 is 3.44. The Morgan fingerprint density at radius 2 is 1.96 bits per heavy atom. The molecule has 1 saturated heterocycles. The third-order valence-electron chi connectivity index (χ3n) is 4.26. The molecule has 2 unspecified atom stereocenters. The largest absolute Gasteiger partial charge is 0.367 e. The van der Waals surface area contributed by atoms with Crippen molar-refractivity contribution in [2.45, 2.75) is 32.6 Å². The first-order chi connectivity index (χ1) is 12.0. The van der Waals surface area contributed by atoms with Crippen LogP contribution in [0.25, 0.3) is 0 Å². The van der Waals surface area contributed by atoms with E-state index in [1.165, 1.54) is 11.1 Å². The highest BCUT2D eigenvalue weighted by Gasteiger charge is 2.32. The number of hydrogen-bond donors (Lipinski definition) is 5. The first-order valence-corrected chi connectivity index (χ1v) is 8.94. The van der Waals surface area contributed by atoms with E-state index in [1.807, 2.05) is 30.3 Å². The number of amides is 1. The van der Waals surface area contributed by atoms with Gasteiger partial charge in [-0.05, 0) is 54.8 Å². The molecule has 0 saturated carbocycles. The Morgan fingerprint density at radius 1 is 1.12 bits per heavy atom. The highest BCUT2D eigenvalue weighted by atomic mass is 79.9. The number of hydrazine groups is 2. The zero-order chi connectivity index (χ0) is 17.8. The molecule has 1 heterocycles. The number of benzene rings is 2. The lowest BCUT2D eigenvalue weighted by Gasteiger charge is -2.20. The van der Waals surface area contributed by atoms with Crippen LogP contribution in [0.5, 0.6) is 0 Å². The minimum absolute atomic E-state index is 0.0844. The molecule has 0 bridgehead atoms. The predicted octanol–water partition coefficient (Wildman–Crippen LogP) is 2.10. The second-order valence-electron chi connectivity index (χ2n) is 6.16. The predicted molar refractivity (Wildman–Crippen MR) is 103 cm³/mol. The summed E-state index contributed by atoms with van der Waals surface area (Å²) in [7, 11) is 0. The summed E-state index contributed by atoms with van der Waals surface area (Å²) < 4.78 is 0.996. The van der Waals surface area contributed by atoms with Crippen LogP contribution < -0.4 is 27.0 Å². The third-order valence-corrected chi connectivity index (χ3v) is 4.75. The van der Waals surface area contributed by atoms with Crippen LogP contribution in [0.4, 0.5) is 5.69 Å². The van der Waals surface area contributed by atoms with Crippen molar-refractivity contribution in [3.8, 4) is 0 Å². The third kappa shape index (κ3) is 4.58. The fourth-order valence-electron chi connectivity index (χ4n) is 2.66. The molecule has 3 rings (SSSR count). The van der Waals surface area contributed by atoms with Crippen molar-refractivity contribution < 1.29 is 4.79 Å². The van der Waals surface area contributed by atoms with Crippen LogP contribution in [0.1, 0.15) is 16.7 Å². The van der Waals surface area contributed by atoms with Gasteiger partial charge in [0.05, 0.1) is 0 Å². The number of anilines is 1. The molecule has 0 radical (unpaired) electrons. The number of nitrogens with one attached hydrogen (secondary N) is 5. The van der Waals surface area contributed by atoms with Gasteiger partial charge < -0.3 is 10.6 Å². The molecule has 0 aromatic heterocycles. The van der Waals surface area contributed by atoms with E-state index in [4.69, 9.17) is 0 Å². The normalized spacial score (nSPS) is 19.6. The SMILES string of the molecule is Cc1ccc(NC2NNNC2C(=O)NCc2cccc(Br)c2)cc1C. The highest BCUT2D eigenvalue weighted by Crippen LogP contribution is 2.16. The molecule has 0 aliphatic carbocycles. The maximum Gasteiger partial charge on any atom is 0.242 e. The van der Waals surface area contributed by atoms with Crippen molar-refractivity contribution in [1.29, 1.82) is 0 Å². The Kier molecular flexibility index (Phi) is 5.70. The lowest BCUT2D eigenvalue weighted by molar-refractivity contribution is -0.123. The van der Waals surface area contributed by atoms with Gasteiger partial charge in [0.15, 0.2) is 0 Å². The summed E-state index contributed by atoms with van der Waals surface area (Å²) in [6, 6.07) is 13.6. The van der Waals surface area contributed by atoms with E-state index in [0.717, 1.165) is 15.7 Å². The van der Waals surface area contributed by atoms with Gasteiger partial charge in [0.2, 0.25) is 5.91 Å². The monoisotopic (exact) mass is 403 g/mol. The summed E-state index contributed by atoms with van der Waals surface area (Å²) in [6.45, 7) is 4.63. The Bertz CT molecular complexity index is 767. The van der Waals surface area contributed by atoms with Gasteiger partial charge in [-0.1, -0.05) is 34.1 Å². The number of rotatable bonds is 5. The maximum atomic E-state index is 12.5. The van der Waals surface area contributed by atoms with Crippen LogP contribution in [0.2, 0.25) is 0 Å². The molecule has 1 fully saturated rings. The van der Waals surface area contributed by atoms with Gasteiger partial charge in [0.25, 0.3) is 0 Å². The smallest absolute Gasteiger partial charge is 0.242 e. The molecule has 2 aromatic carbocycles. The van der Waals surface area contributed by atoms with Crippen molar-refractivity contribution in [2.24, 2.45) is 0 Å². The van der Waals surface area contributed by atoms with E-state index in [2.05, 4.69) is 68.9 Å². The molecule has 5 N–H and O–H groups in total. The summed E-state index contributed by atoms with van der Waals surface area (Å²) in [4.78, 5) is 12.5. The van der Waals surface area contributed by atoms with Gasteiger partial charge in [-0.2, -0.15) is 5.53 Å². The van der Waals surface area contributed by atoms with Gasteiger partial charge >= 0.3 is 0 Å².